The molecule has 3 N–H and O–H groups in total. The highest BCUT2D eigenvalue weighted by Crippen LogP contribution is 2.19. The summed E-state index contributed by atoms with van der Waals surface area (Å²) in [4.78, 5) is 11.9. The molecule has 0 bridgehead atoms. The molecular formula is C18H23ClN2O2. The number of nitrogen functional groups attached to an aromatic ring is 1. The summed E-state index contributed by atoms with van der Waals surface area (Å²) in [6.45, 7) is 2.49. The van der Waals surface area contributed by atoms with E-state index in [4.69, 9.17) is 10.5 Å². The normalized spacial score (nSPS) is 9.83. The number of anilines is 1. The minimum atomic E-state index is 0. The number of amides is 1. The number of hydrogen-bond donors (Lipinski definition) is 2. The van der Waals surface area contributed by atoms with E-state index in [9.17, 15) is 4.79 Å². The van der Waals surface area contributed by atoms with Gasteiger partial charge in [-0.2, -0.15) is 0 Å². The van der Waals surface area contributed by atoms with Gasteiger partial charge in [-0.1, -0.05) is 30.3 Å². The summed E-state index contributed by atoms with van der Waals surface area (Å²) in [6, 6.07) is 13.6. The lowest BCUT2D eigenvalue weighted by atomic mass is 10.1. The molecule has 0 aromatic heterocycles. The van der Waals surface area contributed by atoms with Crippen LogP contribution >= 0.6 is 12.4 Å². The molecule has 0 aliphatic carbocycles. The SMILES string of the molecule is COc1cc(CNC(=O)CCc2ccccc2N)ccc1C.Cl. The van der Waals surface area contributed by atoms with Crippen molar-refractivity contribution < 1.29 is 9.53 Å². The number of carbonyl (C=O) groups excluding carboxylic acids is 1. The van der Waals surface area contributed by atoms with E-state index in [1.54, 1.807) is 7.11 Å². The highest BCUT2D eigenvalue weighted by atomic mass is 35.5. The van der Waals surface area contributed by atoms with E-state index >= 15 is 0 Å². The third kappa shape index (κ3) is 5.49. The smallest absolute Gasteiger partial charge is 0.220 e. The van der Waals surface area contributed by atoms with Gasteiger partial charge in [-0.25, -0.2) is 0 Å². The zero-order valence-electron chi connectivity index (χ0n) is 13.5. The number of hydrogen-bond acceptors (Lipinski definition) is 3. The Morgan fingerprint density at radius 1 is 1.22 bits per heavy atom. The third-order valence-corrected chi connectivity index (χ3v) is 3.64. The van der Waals surface area contributed by atoms with Crippen LogP contribution in [-0.4, -0.2) is 13.0 Å². The molecule has 124 valence electrons. The molecule has 0 aliphatic rings. The maximum absolute atomic E-state index is 11.9. The molecule has 0 radical (unpaired) electrons. The number of aryl methyl sites for hydroxylation is 2. The van der Waals surface area contributed by atoms with Crippen LogP contribution in [0.1, 0.15) is 23.1 Å². The Kier molecular flexibility index (Phi) is 7.42. The summed E-state index contributed by atoms with van der Waals surface area (Å²) in [6.07, 6.45) is 1.08. The van der Waals surface area contributed by atoms with Crippen molar-refractivity contribution in [2.24, 2.45) is 0 Å². The molecule has 0 saturated carbocycles. The number of rotatable bonds is 6. The first-order valence-corrected chi connectivity index (χ1v) is 7.33. The van der Waals surface area contributed by atoms with E-state index in [0.29, 0.717) is 19.4 Å². The maximum Gasteiger partial charge on any atom is 0.220 e. The number of carbonyl (C=O) groups is 1. The Hall–Kier alpha value is -2.20. The number of ether oxygens (including phenoxy) is 1. The van der Waals surface area contributed by atoms with Gasteiger partial charge in [0.15, 0.2) is 0 Å². The number of para-hydroxylation sites is 1. The number of halogens is 1. The van der Waals surface area contributed by atoms with Gasteiger partial charge in [0.2, 0.25) is 5.91 Å². The zero-order chi connectivity index (χ0) is 15.9. The Bertz CT molecular complexity index is 659. The average molecular weight is 335 g/mol. The highest BCUT2D eigenvalue weighted by Gasteiger charge is 2.05. The van der Waals surface area contributed by atoms with Crippen LogP contribution in [0.15, 0.2) is 42.5 Å². The zero-order valence-corrected chi connectivity index (χ0v) is 14.3. The van der Waals surface area contributed by atoms with Gasteiger partial charge in [-0.05, 0) is 42.2 Å². The standard InChI is InChI=1S/C18H22N2O2.ClH/c1-13-7-8-14(11-17(13)22-2)12-20-18(21)10-9-15-5-3-4-6-16(15)19;/h3-8,11H,9-10,12,19H2,1-2H3,(H,20,21);1H. The predicted molar refractivity (Wildman–Crippen MR) is 96.0 cm³/mol. The molecule has 23 heavy (non-hydrogen) atoms. The molecule has 1 amide bonds. The summed E-state index contributed by atoms with van der Waals surface area (Å²) >= 11 is 0. The fraction of sp³-hybridized carbons (Fsp3) is 0.278. The van der Waals surface area contributed by atoms with Crippen LogP contribution in [0.5, 0.6) is 5.75 Å². The summed E-state index contributed by atoms with van der Waals surface area (Å²) in [5.41, 5.74) is 9.72. The topological polar surface area (TPSA) is 64.3 Å². The second-order valence-corrected chi connectivity index (χ2v) is 5.28. The van der Waals surface area contributed by atoms with Crippen LogP contribution in [0.25, 0.3) is 0 Å². The van der Waals surface area contributed by atoms with Gasteiger partial charge in [-0.15, -0.1) is 12.4 Å². The molecule has 0 saturated heterocycles. The lowest BCUT2D eigenvalue weighted by Crippen LogP contribution is -2.23. The van der Waals surface area contributed by atoms with Crippen molar-refractivity contribution in [1.82, 2.24) is 5.32 Å². The number of nitrogens with one attached hydrogen (secondary N) is 1. The summed E-state index contributed by atoms with van der Waals surface area (Å²) in [5.74, 6) is 0.853. The maximum atomic E-state index is 11.9. The van der Waals surface area contributed by atoms with Gasteiger partial charge in [0, 0.05) is 18.7 Å². The summed E-state index contributed by atoms with van der Waals surface area (Å²) < 4.78 is 5.28. The Labute approximate surface area is 143 Å². The molecule has 2 aromatic carbocycles. The minimum absolute atomic E-state index is 0. The van der Waals surface area contributed by atoms with Gasteiger partial charge >= 0.3 is 0 Å². The van der Waals surface area contributed by atoms with Gasteiger partial charge in [-0.3, -0.25) is 4.79 Å². The van der Waals surface area contributed by atoms with Crippen molar-refractivity contribution in [3.8, 4) is 5.75 Å². The minimum Gasteiger partial charge on any atom is -0.496 e. The van der Waals surface area contributed by atoms with Crippen molar-refractivity contribution in [1.29, 1.82) is 0 Å². The molecular weight excluding hydrogens is 312 g/mol. The van der Waals surface area contributed by atoms with Crippen LogP contribution in [0, 0.1) is 6.92 Å². The molecule has 0 heterocycles. The summed E-state index contributed by atoms with van der Waals surface area (Å²) in [7, 11) is 1.65. The fourth-order valence-electron chi connectivity index (χ4n) is 2.27. The van der Waals surface area contributed by atoms with Crippen LogP contribution in [0.3, 0.4) is 0 Å². The number of nitrogens with two attached hydrogens (primary N) is 1. The van der Waals surface area contributed by atoms with E-state index in [1.807, 2.05) is 49.4 Å². The Morgan fingerprint density at radius 2 is 1.96 bits per heavy atom. The van der Waals surface area contributed by atoms with E-state index in [-0.39, 0.29) is 18.3 Å². The largest absolute Gasteiger partial charge is 0.496 e. The van der Waals surface area contributed by atoms with Crippen LogP contribution in [0.4, 0.5) is 5.69 Å². The monoisotopic (exact) mass is 334 g/mol. The van der Waals surface area contributed by atoms with Crippen molar-refractivity contribution in [3.63, 3.8) is 0 Å². The molecule has 0 fully saturated rings. The first-order valence-electron chi connectivity index (χ1n) is 7.33. The van der Waals surface area contributed by atoms with E-state index in [0.717, 1.165) is 28.1 Å². The van der Waals surface area contributed by atoms with Crippen molar-refractivity contribution in [3.05, 3.63) is 59.2 Å². The van der Waals surface area contributed by atoms with Crippen LogP contribution in [0.2, 0.25) is 0 Å². The first kappa shape index (κ1) is 18.8. The van der Waals surface area contributed by atoms with Gasteiger partial charge < -0.3 is 15.8 Å². The molecule has 0 spiro atoms. The van der Waals surface area contributed by atoms with Gasteiger partial charge in [0.1, 0.15) is 5.75 Å². The molecule has 0 unspecified atom stereocenters. The Morgan fingerprint density at radius 3 is 2.65 bits per heavy atom. The highest BCUT2D eigenvalue weighted by molar-refractivity contribution is 5.85. The van der Waals surface area contributed by atoms with Crippen molar-refractivity contribution in [2.45, 2.75) is 26.3 Å². The van der Waals surface area contributed by atoms with E-state index in [2.05, 4.69) is 5.32 Å². The number of methoxy groups -OCH3 is 1. The molecule has 0 aliphatic heterocycles. The van der Waals surface area contributed by atoms with Crippen molar-refractivity contribution in [2.75, 3.05) is 12.8 Å². The Balaban J connectivity index is 0.00000264. The number of benzene rings is 2. The van der Waals surface area contributed by atoms with E-state index < -0.39 is 0 Å². The second kappa shape index (κ2) is 9.06. The fourth-order valence-corrected chi connectivity index (χ4v) is 2.27. The molecule has 2 rings (SSSR count). The molecule has 4 nitrogen and oxygen atoms in total. The quantitative estimate of drug-likeness (QED) is 0.797. The van der Waals surface area contributed by atoms with Crippen molar-refractivity contribution >= 4 is 24.0 Å². The van der Waals surface area contributed by atoms with Gasteiger partial charge in [0.05, 0.1) is 7.11 Å². The first-order chi connectivity index (χ1) is 10.6. The molecule has 2 aromatic rings. The summed E-state index contributed by atoms with van der Waals surface area (Å²) in [5, 5.41) is 2.92. The molecule has 5 heteroatoms. The predicted octanol–water partition coefficient (Wildman–Crippen LogP) is 3.26. The third-order valence-electron chi connectivity index (χ3n) is 3.64. The van der Waals surface area contributed by atoms with Gasteiger partial charge in [0.25, 0.3) is 0 Å². The second-order valence-electron chi connectivity index (χ2n) is 5.28. The average Bonchev–Trinajstić information content (AvgIpc) is 2.53. The van der Waals surface area contributed by atoms with Crippen LogP contribution < -0.4 is 15.8 Å². The van der Waals surface area contributed by atoms with E-state index in [1.165, 1.54) is 0 Å². The lowest BCUT2D eigenvalue weighted by Gasteiger charge is -2.09. The lowest BCUT2D eigenvalue weighted by molar-refractivity contribution is -0.121. The molecule has 0 atom stereocenters. The van der Waals surface area contributed by atoms with Crippen LogP contribution in [-0.2, 0) is 17.8 Å².